The highest BCUT2D eigenvalue weighted by Gasteiger charge is 2.02. The molecule has 0 radical (unpaired) electrons. The molecule has 0 fully saturated rings. The average molecular weight is 435 g/mol. The van der Waals surface area contributed by atoms with Crippen molar-refractivity contribution in [2.75, 3.05) is 6.54 Å². The average Bonchev–Trinajstić information content (AvgIpc) is 2.99. The summed E-state index contributed by atoms with van der Waals surface area (Å²) in [7, 11) is 0. The first kappa shape index (κ1) is 18.7. The van der Waals surface area contributed by atoms with E-state index in [1.54, 1.807) is 17.4 Å². The van der Waals surface area contributed by atoms with E-state index in [0.717, 1.165) is 6.54 Å². The van der Waals surface area contributed by atoms with E-state index in [1.807, 2.05) is 18.4 Å². The first-order chi connectivity index (χ1) is 10.2. The van der Waals surface area contributed by atoms with Crippen molar-refractivity contribution >= 4 is 41.3 Å². The van der Waals surface area contributed by atoms with Crippen LogP contribution in [0.1, 0.15) is 17.4 Å². The Kier molecular flexibility index (Phi) is 8.18. The number of rotatable bonds is 5. The molecule has 0 saturated carbocycles. The first-order valence-electron chi connectivity index (χ1n) is 6.71. The number of phenolic OH excluding ortho intramolecular Hbond substituents is 1. The summed E-state index contributed by atoms with van der Waals surface area (Å²) < 4.78 is 13.3. The zero-order chi connectivity index (χ0) is 15.1. The molecule has 1 aromatic heterocycles. The van der Waals surface area contributed by atoms with Gasteiger partial charge in [-0.15, -0.1) is 35.3 Å². The number of aromatic hydroxyl groups is 1. The van der Waals surface area contributed by atoms with Gasteiger partial charge in [-0.05, 0) is 36.1 Å². The van der Waals surface area contributed by atoms with Gasteiger partial charge in [-0.25, -0.2) is 9.38 Å². The molecule has 22 heavy (non-hydrogen) atoms. The molecular weight excluding hydrogens is 416 g/mol. The second kappa shape index (κ2) is 9.62. The van der Waals surface area contributed by atoms with Crippen molar-refractivity contribution in [3.05, 3.63) is 52.0 Å². The fourth-order valence-corrected chi connectivity index (χ4v) is 2.39. The van der Waals surface area contributed by atoms with Crippen molar-refractivity contribution in [1.82, 2.24) is 10.6 Å². The lowest BCUT2D eigenvalue weighted by molar-refractivity contribution is 0.432. The predicted octanol–water partition coefficient (Wildman–Crippen LogP) is 3.47. The number of benzene rings is 1. The Morgan fingerprint density at radius 1 is 1.32 bits per heavy atom. The SMILES string of the molecule is CCNC(=NCc1ccc(O)c(F)c1)NCc1cccs1.I. The quantitative estimate of drug-likeness (QED) is 0.383. The molecule has 0 bridgehead atoms. The van der Waals surface area contributed by atoms with Crippen molar-refractivity contribution < 1.29 is 9.50 Å². The van der Waals surface area contributed by atoms with E-state index >= 15 is 0 Å². The fraction of sp³-hybridized carbons (Fsp3) is 0.267. The van der Waals surface area contributed by atoms with Gasteiger partial charge in [-0.3, -0.25) is 0 Å². The Balaban J connectivity index is 0.00000242. The van der Waals surface area contributed by atoms with E-state index in [9.17, 15) is 4.39 Å². The molecule has 3 N–H and O–H groups in total. The number of thiophene rings is 1. The van der Waals surface area contributed by atoms with Crippen LogP contribution in [0, 0.1) is 5.82 Å². The minimum absolute atomic E-state index is 0. The molecule has 0 aliphatic rings. The van der Waals surface area contributed by atoms with Crippen molar-refractivity contribution in [3.8, 4) is 5.75 Å². The van der Waals surface area contributed by atoms with Gasteiger partial charge in [-0.1, -0.05) is 12.1 Å². The molecule has 2 aromatic rings. The summed E-state index contributed by atoms with van der Waals surface area (Å²) in [6.07, 6.45) is 0. The highest BCUT2D eigenvalue weighted by molar-refractivity contribution is 14.0. The molecule has 0 aliphatic heterocycles. The first-order valence-corrected chi connectivity index (χ1v) is 7.59. The molecule has 1 heterocycles. The van der Waals surface area contributed by atoms with E-state index < -0.39 is 5.82 Å². The van der Waals surface area contributed by atoms with E-state index in [-0.39, 0.29) is 29.7 Å². The molecule has 0 amide bonds. The highest BCUT2D eigenvalue weighted by Crippen LogP contribution is 2.16. The van der Waals surface area contributed by atoms with Crippen molar-refractivity contribution in [2.24, 2.45) is 4.99 Å². The third kappa shape index (κ3) is 5.80. The van der Waals surface area contributed by atoms with Crippen LogP contribution in [0.15, 0.2) is 40.7 Å². The summed E-state index contributed by atoms with van der Waals surface area (Å²) in [6.45, 7) is 3.78. The van der Waals surface area contributed by atoms with Gasteiger partial charge in [0.05, 0.1) is 13.1 Å². The lowest BCUT2D eigenvalue weighted by Crippen LogP contribution is -2.36. The largest absolute Gasteiger partial charge is 0.505 e. The standard InChI is InChI=1S/C15H18FN3OS.HI/c1-2-17-15(19-10-12-4-3-7-21-12)18-9-11-5-6-14(20)13(16)8-11;/h3-8,20H,2,9-10H2,1H3,(H2,17,18,19);1H. The maximum Gasteiger partial charge on any atom is 0.191 e. The van der Waals surface area contributed by atoms with Gasteiger partial charge in [0.25, 0.3) is 0 Å². The summed E-state index contributed by atoms with van der Waals surface area (Å²) >= 11 is 1.68. The van der Waals surface area contributed by atoms with E-state index in [4.69, 9.17) is 5.11 Å². The molecule has 0 spiro atoms. The number of nitrogens with one attached hydrogen (secondary N) is 2. The Labute approximate surface area is 150 Å². The maximum atomic E-state index is 13.3. The van der Waals surface area contributed by atoms with Gasteiger partial charge in [0.1, 0.15) is 0 Å². The van der Waals surface area contributed by atoms with Crippen LogP contribution in [-0.4, -0.2) is 17.6 Å². The molecular formula is C15H19FIN3OS. The summed E-state index contributed by atoms with van der Waals surface area (Å²) in [6, 6.07) is 8.35. The molecule has 4 nitrogen and oxygen atoms in total. The predicted molar refractivity (Wildman–Crippen MR) is 99.5 cm³/mol. The van der Waals surface area contributed by atoms with Gasteiger partial charge in [0.15, 0.2) is 17.5 Å². The lowest BCUT2D eigenvalue weighted by atomic mass is 10.2. The maximum absolute atomic E-state index is 13.3. The Hall–Kier alpha value is -1.35. The summed E-state index contributed by atoms with van der Waals surface area (Å²) in [4.78, 5) is 5.62. The van der Waals surface area contributed by atoms with Crippen LogP contribution in [0.3, 0.4) is 0 Å². The van der Waals surface area contributed by atoms with Crippen molar-refractivity contribution in [3.63, 3.8) is 0 Å². The van der Waals surface area contributed by atoms with Crippen LogP contribution in [0.5, 0.6) is 5.75 Å². The van der Waals surface area contributed by atoms with Crippen LogP contribution in [0.25, 0.3) is 0 Å². The molecule has 0 atom stereocenters. The third-order valence-electron chi connectivity index (χ3n) is 2.79. The van der Waals surface area contributed by atoms with Crippen molar-refractivity contribution in [2.45, 2.75) is 20.0 Å². The molecule has 120 valence electrons. The number of nitrogens with zero attached hydrogens (tertiary/aromatic N) is 1. The Morgan fingerprint density at radius 2 is 2.14 bits per heavy atom. The van der Waals surface area contributed by atoms with Crippen LogP contribution in [0.2, 0.25) is 0 Å². The lowest BCUT2D eigenvalue weighted by Gasteiger charge is -2.10. The minimum atomic E-state index is -0.626. The van der Waals surface area contributed by atoms with Crippen molar-refractivity contribution in [1.29, 1.82) is 0 Å². The highest BCUT2D eigenvalue weighted by atomic mass is 127. The normalized spacial score (nSPS) is 10.9. The van der Waals surface area contributed by atoms with Crippen LogP contribution in [-0.2, 0) is 13.1 Å². The number of hydrogen-bond donors (Lipinski definition) is 3. The molecule has 0 saturated heterocycles. The number of guanidine groups is 1. The third-order valence-corrected chi connectivity index (χ3v) is 3.66. The van der Waals surface area contributed by atoms with Crippen LogP contribution < -0.4 is 10.6 Å². The number of hydrogen-bond acceptors (Lipinski definition) is 3. The number of aliphatic imine (C=N–C) groups is 1. The molecule has 2 rings (SSSR count). The zero-order valence-electron chi connectivity index (χ0n) is 12.2. The number of halogens is 2. The second-order valence-electron chi connectivity index (χ2n) is 4.41. The van der Waals surface area contributed by atoms with Gasteiger partial charge < -0.3 is 15.7 Å². The van der Waals surface area contributed by atoms with Gasteiger partial charge in [-0.2, -0.15) is 0 Å². The fourth-order valence-electron chi connectivity index (χ4n) is 1.74. The zero-order valence-corrected chi connectivity index (χ0v) is 15.3. The Morgan fingerprint density at radius 3 is 2.77 bits per heavy atom. The minimum Gasteiger partial charge on any atom is -0.505 e. The summed E-state index contributed by atoms with van der Waals surface area (Å²) in [5, 5.41) is 17.6. The van der Waals surface area contributed by atoms with Gasteiger partial charge in [0.2, 0.25) is 0 Å². The van der Waals surface area contributed by atoms with E-state index in [1.165, 1.54) is 17.0 Å². The van der Waals surface area contributed by atoms with Gasteiger partial charge >= 0.3 is 0 Å². The topological polar surface area (TPSA) is 56.7 Å². The summed E-state index contributed by atoms with van der Waals surface area (Å²) in [5.41, 5.74) is 0.707. The number of phenols is 1. The van der Waals surface area contributed by atoms with Gasteiger partial charge in [0, 0.05) is 11.4 Å². The second-order valence-corrected chi connectivity index (χ2v) is 5.45. The van der Waals surface area contributed by atoms with Crippen LogP contribution in [0.4, 0.5) is 4.39 Å². The molecule has 0 aliphatic carbocycles. The van der Waals surface area contributed by atoms with E-state index in [0.29, 0.717) is 24.6 Å². The van der Waals surface area contributed by atoms with E-state index in [2.05, 4.69) is 21.7 Å². The van der Waals surface area contributed by atoms with Crippen LogP contribution >= 0.6 is 35.3 Å². The summed E-state index contributed by atoms with van der Waals surface area (Å²) in [5.74, 6) is -0.288. The smallest absolute Gasteiger partial charge is 0.191 e. The molecule has 0 unspecified atom stereocenters. The Bertz CT molecular complexity index is 605. The molecule has 7 heteroatoms. The monoisotopic (exact) mass is 435 g/mol. The molecule has 1 aromatic carbocycles.